The summed E-state index contributed by atoms with van der Waals surface area (Å²) in [5, 5.41) is 0. The molecule has 0 N–H and O–H groups in total. The number of unbranched alkanes of at least 4 members (excludes halogenated alkanes) is 37. The number of ether oxygens (including phenoxy) is 3. The average Bonchev–Trinajstić information content (AvgIpc) is 3.27. The number of rotatable bonds is 52. The van der Waals surface area contributed by atoms with Gasteiger partial charge in [-0.1, -0.05) is 285 Å². The molecule has 1 atom stereocenters. The Balaban J connectivity index is 4.31. The van der Waals surface area contributed by atoms with Gasteiger partial charge in [0.1, 0.15) is 13.2 Å². The van der Waals surface area contributed by atoms with Crippen LogP contribution in [0.3, 0.4) is 0 Å². The molecule has 64 heavy (non-hydrogen) atoms. The molecule has 0 amide bonds. The summed E-state index contributed by atoms with van der Waals surface area (Å²) in [6.45, 7) is 11.4. The molecule has 380 valence electrons. The third-order valence-electron chi connectivity index (χ3n) is 13.2. The molecule has 0 unspecified atom stereocenters. The molecule has 0 aliphatic carbocycles. The third-order valence-corrected chi connectivity index (χ3v) is 13.2. The van der Waals surface area contributed by atoms with Gasteiger partial charge >= 0.3 is 17.9 Å². The molecule has 0 spiro atoms. The molecule has 0 aromatic heterocycles. The van der Waals surface area contributed by atoms with Gasteiger partial charge in [0.25, 0.3) is 0 Å². The van der Waals surface area contributed by atoms with Crippen LogP contribution >= 0.6 is 0 Å². The highest BCUT2D eigenvalue weighted by Crippen LogP contribution is 2.18. The van der Waals surface area contributed by atoms with E-state index in [1.165, 1.54) is 212 Å². The zero-order valence-corrected chi connectivity index (χ0v) is 43.9. The van der Waals surface area contributed by atoms with Crippen LogP contribution in [0.5, 0.6) is 0 Å². The lowest BCUT2D eigenvalue weighted by atomic mass is 10.0. The van der Waals surface area contributed by atoms with E-state index >= 15 is 0 Å². The first-order chi connectivity index (χ1) is 31.2. The molecule has 6 nitrogen and oxygen atoms in total. The SMILES string of the molecule is CCCCCCCCCCCCCCCCCC(=O)OC[C@H](COC(=O)CCCCCCCCCCCCCCC(C)C)OC(=O)CCCCCCCCCCCCCCCC(C)C. The summed E-state index contributed by atoms with van der Waals surface area (Å²) in [6.07, 6.45) is 53.7. The van der Waals surface area contributed by atoms with Crippen LogP contribution < -0.4 is 0 Å². The number of esters is 3. The molecule has 0 aliphatic heterocycles. The van der Waals surface area contributed by atoms with Crippen LogP contribution in [0.4, 0.5) is 0 Å². The molecule has 0 saturated carbocycles. The summed E-state index contributed by atoms with van der Waals surface area (Å²) in [5.41, 5.74) is 0. The van der Waals surface area contributed by atoms with Crippen molar-refractivity contribution < 1.29 is 28.6 Å². The maximum absolute atomic E-state index is 12.8. The van der Waals surface area contributed by atoms with Crippen molar-refractivity contribution in [2.75, 3.05) is 13.2 Å². The van der Waals surface area contributed by atoms with Gasteiger partial charge < -0.3 is 14.2 Å². The predicted molar refractivity (Wildman–Crippen MR) is 275 cm³/mol. The van der Waals surface area contributed by atoms with E-state index in [2.05, 4.69) is 34.6 Å². The van der Waals surface area contributed by atoms with Gasteiger partial charge in [-0.3, -0.25) is 14.4 Å². The Hall–Kier alpha value is -1.59. The summed E-state index contributed by atoms with van der Waals surface area (Å²) < 4.78 is 16.9. The number of carbonyl (C=O) groups excluding carboxylic acids is 3. The fourth-order valence-electron chi connectivity index (χ4n) is 8.87. The Labute approximate surface area is 399 Å². The van der Waals surface area contributed by atoms with Gasteiger partial charge in [-0.05, 0) is 31.1 Å². The second kappa shape index (κ2) is 50.8. The Bertz CT molecular complexity index is 978. The highest BCUT2D eigenvalue weighted by molar-refractivity contribution is 5.71. The number of hydrogen-bond donors (Lipinski definition) is 0. The van der Waals surface area contributed by atoms with Crippen molar-refractivity contribution in [3.8, 4) is 0 Å². The zero-order chi connectivity index (χ0) is 46.8. The van der Waals surface area contributed by atoms with Crippen molar-refractivity contribution in [3.63, 3.8) is 0 Å². The average molecular weight is 906 g/mol. The van der Waals surface area contributed by atoms with Gasteiger partial charge in [-0.25, -0.2) is 0 Å². The van der Waals surface area contributed by atoms with Crippen LogP contribution in [-0.2, 0) is 28.6 Å². The first-order valence-corrected chi connectivity index (χ1v) is 28.7. The highest BCUT2D eigenvalue weighted by Gasteiger charge is 2.19. The predicted octanol–water partition coefficient (Wildman–Crippen LogP) is 18.9. The molecule has 6 heteroatoms. The Kier molecular flexibility index (Phi) is 49.6. The maximum atomic E-state index is 12.8. The third kappa shape index (κ3) is 51.4. The summed E-state index contributed by atoms with van der Waals surface area (Å²) in [6, 6.07) is 0. The van der Waals surface area contributed by atoms with Crippen LogP contribution in [0.15, 0.2) is 0 Å². The lowest BCUT2D eigenvalue weighted by Crippen LogP contribution is -2.30. The molecule has 0 rings (SSSR count). The van der Waals surface area contributed by atoms with E-state index in [9.17, 15) is 14.4 Å². The number of carbonyl (C=O) groups is 3. The monoisotopic (exact) mass is 905 g/mol. The highest BCUT2D eigenvalue weighted by atomic mass is 16.6. The largest absolute Gasteiger partial charge is 0.462 e. The first kappa shape index (κ1) is 62.4. The topological polar surface area (TPSA) is 78.9 Å². The summed E-state index contributed by atoms with van der Waals surface area (Å²) in [5.74, 6) is 0.833. The lowest BCUT2D eigenvalue weighted by molar-refractivity contribution is -0.167. The molecular weight excluding hydrogens is 793 g/mol. The van der Waals surface area contributed by atoms with E-state index in [1.807, 2.05) is 0 Å². The quantitative estimate of drug-likeness (QED) is 0.0344. The van der Waals surface area contributed by atoms with Crippen LogP contribution in [0.25, 0.3) is 0 Å². The van der Waals surface area contributed by atoms with E-state index < -0.39 is 6.10 Å². The van der Waals surface area contributed by atoms with Crippen molar-refractivity contribution in [1.29, 1.82) is 0 Å². The molecule has 0 aliphatic rings. The van der Waals surface area contributed by atoms with Gasteiger partial charge in [0.2, 0.25) is 0 Å². The molecule has 0 fully saturated rings. The van der Waals surface area contributed by atoms with Crippen molar-refractivity contribution in [2.24, 2.45) is 11.8 Å². The Morgan fingerprint density at radius 2 is 0.516 bits per heavy atom. The normalized spacial score (nSPS) is 12.0. The van der Waals surface area contributed by atoms with Crippen LogP contribution in [0, 0.1) is 11.8 Å². The van der Waals surface area contributed by atoms with Crippen molar-refractivity contribution in [3.05, 3.63) is 0 Å². The van der Waals surface area contributed by atoms with Gasteiger partial charge in [-0.15, -0.1) is 0 Å². The standard InChI is InChI=1S/C58H112O6/c1-6-7-8-9-10-11-12-13-14-17-23-28-33-38-43-48-56(59)62-51-55(52-63-57(60)49-44-39-34-29-24-20-19-22-27-32-37-42-47-54(4)5)64-58(61)50-45-40-35-30-25-18-15-16-21-26-31-36-41-46-53(2)3/h53-55H,6-52H2,1-5H3/t55-/m1/s1. The minimum atomic E-state index is -0.762. The van der Waals surface area contributed by atoms with E-state index in [1.54, 1.807) is 0 Å². The second-order valence-corrected chi connectivity index (χ2v) is 20.9. The fourth-order valence-corrected chi connectivity index (χ4v) is 8.87. The zero-order valence-electron chi connectivity index (χ0n) is 43.9. The molecule has 0 aromatic carbocycles. The molecule has 0 radical (unpaired) electrons. The van der Waals surface area contributed by atoms with Crippen LogP contribution in [-0.4, -0.2) is 37.2 Å². The van der Waals surface area contributed by atoms with Gasteiger partial charge in [0.05, 0.1) is 0 Å². The Morgan fingerprint density at radius 3 is 0.766 bits per heavy atom. The minimum Gasteiger partial charge on any atom is -0.462 e. The Morgan fingerprint density at radius 1 is 0.297 bits per heavy atom. The van der Waals surface area contributed by atoms with E-state index in [0.29, 0.717) is 19.3 Å². The summed E-state index contributed by atoms with van der Waals surface area (Å²) >= 11 is 0. The summed E-state index contributed by atoms with van der Waals surface area (Å²) in [7, 11) is 0. The molecule has 0 bridgehead atoms. The van der Waals surface area contributed by atoms with Crippen LogP contribution in [0.2, 0.25) is 0 Å². The molecule has 0 saturated heterocycles. The fraction of sp³-hybridized carbons (Fsp3) is 0.948. The van der Waals surface area contributed by atoms with E-state index in [4.69, 9.17) is 14.2 Å². The van der Waals surface area contributed by atoms with E-state index in [0.717, 1.165) is 69.6 Å². The molecule has 0 heterocycles. The minimum absolute atomic E-state index is 0.0626. The van der Waals surface area contributed by atoms with Gasteiger partial charge in [-0.2, -0.15) is 0 Å². The molecule has 0 aromatic rings. The maximum Gasteiger partial charge on any atom is 0.306 e. The lowest BCUT2D eigenvalue weighted by Gasteiger charge is -2.18. The van der Waals surface area contributed by atoms with Crippen molar-refractivity contribution >= 4 is 17.9 Å². The number of hydrogen-bond acceptors (Lipinski definition) is 6. The van der Waals surface area contributed by atoms with E-state index in [-0.39, 0.29) is 31.1 Å². The first-order valence-electron chi connectivity index (χ1n) is 28.7. The van der Waals surface area contributed by atoms with Gasteiger partial charge in [0.15, 0.2) is 6.10 Å². The summed E-state index contributed by atoms with van der Waals surface area (Å²) in [4.78, 5) is 38.1. The van der Waals surface area contributed by atoms with Crippen LogP contribution in [0.1, 0.15) is 324 Å². The smallest absolute Gasteiger partial charge is 0.306 e. The second-order valence-electron chi connectivity index (χ2n) is 20.9. The van der Waals surface area contributed by atoms with Crippen molar-refractivity contribution in [1.82, 2.24) is 0 Å². The van der Waals surface area contributed by atoms with Gasteiger partial charge in [0, 0.05) is 19.3 Å². The van der Waals surface area contributed by atoms with Crippen molar-refractivity contribution in [2.45, 2.75) is 330 Å². The molecular formula is C58H112O6.